The molecule has 9 nitrogen and oxygen atoms in total. The van der Waals surface area contributed by atoms with Crippen LogP contribution in [0, 0.1) is 0 Å². The molecule has 30 heavy (non-hydrogen) atoms. The molecular formula is C21H24N4O5. The molecular weight excluding hydrogens is 388 g/mol. The summed E-state index contributed by atoms with van der Waals surface area (Å²) in [5.74, 6) is 0.837. The van der Waals surface area contributed by atoms with E-state index in [0.717, 1.165) is 0 Å². The van der Waals surface area contributed by atoms with E-state index in [4.69, 9.17) is 13.9 Å². The Kier molecular flexibility index (Phi) is 6.74. The van der Waals surface area contributed by atoms with Crippen molar-refractivity contribution in [2.45, 2.75) is 20.4 Å². The number of furan rings is 1. The third kappa shape index (κ3) is 4.99. The number of aryl methyl sites for hydroxylation is 1. The summed E-state index contributed by atoms with van der Waals surface area (Å²) >= 11 is 0. The molecule has 2 N–H and O–H groups in total. The highest BCUT2D eigenvalue weighted by atomic mass is 16.5. The van der Waals surface area contributed by atoms with Gasteiger partial charge in [-0.25, -0.2) is 0 Å². The number of rotatable bonds is 9. The van der Waals surface area contributed by atoms with Crippen LogP contribution in [0.5, 0.6) is 11.5 Å². The smallest absolute Gasteiger partial charge is 0.274 e. The van der Waals surface area contributed by atoms with Gasteiger partial charge in [0.2, 0.25) is 0 Å². The molecule has 158 valence electrons. The van der Waals surface area contributed by atoms with Crippen LogP contribution in [0.15, 0.2) is 47.2 Å². The lowest BCUT2D eigenvalue weighted by Gasteiger charge is -2.12. The molecule has 0 bridgehead atoms. The summed E-state index contributed by atoms with van der Waals surface area (Å²) in [7, 11) is 1.67. The largest absolute Gasteiger partial charge is 0.490 e. The van der Waals surface area contributed by atoms with Gasteiger partial charge in [-0.1, -0.05) is 0 Å². The van der Waals surface area contributed by atoms with Crippen LogP contribution in [0.1, 0.15) is 40.5 Å². The summed E-state index contributed by atoms with van der Waals surface area (Å²) < 4.78 is 17.8. The maximum atomic E-state index is 12.8. The first-order valence-corrected chi connectivity index (χ1v) is 9.57. The number of benzene rings is 1. The Morgan fingerprint density at radius 1 is 1.10 bits per heavy atom. The van der Waals surface area contributed by atoms with Crippen molar-refractivity contribution in [1.29, 1.82) is 0 Å². The minimum Gasteiger partial charge on any atom is -0.490 e. The number of nitrogens with one attached hydrogen (secondary N) is 2. The summed E-state index contributed by atoms with van der Waals surface area (Å²) in [6.45, 7) is 4.86. The van der Waals surface area contributed by atoms with Crippen LogP contribution in [0.4, 0.5) is 5.69 Å². The van der Waals surface area contributed by atoms with Crippen LogP contribution in [0.25, 0.3) is 0 Å². The average molecular weight is 412 g/mol. The van der Waals surface area contributed by atoms with E-state index < -0.39 is 11.8 Å². The Labute approximate surface area is 174 Å². The first kappa shape index (κ1) is 21.0. The van der Waals surface area contributed by atoms with E-state index >= 15 is 0 Å². The topological polar surface area (TPSA) is 108 Å². The highest BCUT2D eigenvalue weighted by Crippen LogP contribution is 2.29. The van der Waals surface area contributed by atoms with E-state index in [9.17, 15) is 9.59 Å². The Morgan fingerprint density at radius 3 is 2.57 bits per heavy atom. The molecule has 0 aliphatic carbocycles. The molecule has 2 heterocycles. The van der Waals surface area contributed by atoms with Crippen molar-refractivity contribution in [2.75, 3.05) is 18.5 Å². The fourth-order valence-electron chi connectivity index (χ4n) is 2.80. The van der Waals surface area contributed by atoms with Gasteiger partial charge in [-0.05, 0) is 44.2 Å². The maximum absolute atomic E-state index is 12.8. The SMILES string of the molecule is CCOc1ccc(C(=O)Nc2cn(C)nc2C(=O)NCc2ccco2)cc1OCC. The van der Waals surface area contributed by atoms with Gasteiger partial charge in [0.1, 0.15) is 5.76 Å². The van der Waals surface area contributed by atoms with Crippen LogP contribution in [-0.4, -0.2) is 34.8 Å². The molecule has 2 aromatic heterocycles. The maximum Gasteiger partial charge on any atom is 0.274 e. The van der Waals surface area contributed by atoms with E-state index in [2.05, 4.69) is 15.7 Å². The predicted molar refractivity (Wildman–Crippen MR) is 110 cm³/mol. The third-order valence-corrected chi connectivity index (χ3v) is 4.10. The number of hydrogen-bond acceptors (Lipinski definition) is 6. The van der Waals surface area contributed by atoms with E-state index in [0.29, 0.717) is 41.7 Å². The van der Waals surface area contributed by atoms with Crippen molar-refractivity contribution in [3.05, 3.63) is 59.8 Å². The van der Waals surface area contributed by atoms with Crippen molar-refractivity contribution in [1.82, 2.24) is 15.1 Å². The number of hydrogen-bond donors (Lipinski definition) is 2. The lowest BCUT2D eigenvalue weighted by atomic mass is 10.2. The number of nitrogens with zero attached hydrogens (tertiary/aromatic N) is 2. The fourth-order valence-corrected chi connectivity index (χ4v) is 2.80. The molecule has 0 aliphatic rings. The van der Waals surface area contributed by atoms with E-state index in [1.165, 1.54) is 10.9 Å². The van der Waals surface area contributed by atoms with Gasteiger partial charge in [0, 0.05) is 18.8 Å². The number of amides is 2. The summed E-state index contributed by atoms with van der Waals surface area (Å²) in [6.07, 6.45) is 3.10. The Balaban J connectivity index is 1.75. The fraction of sp³-hybridized carbons (Fsp3) is 0.286. The average Bonchev–Trinajstić information content (AvgIpc) is 3.37. The third-order valence-electron chi connectivity index (χ3n) is 4.10. The number of carbonyl (C=O) groups excluding carboxylic acids is 2. The Hall–Kier alpha value is -3.75. The van der Waals surface area contributed by atoms with Crippen LogP contribution in [-0.2, 0) is 13.6 Å². The van der Waals surface area contributed by atoms with Gasteiger partial charge in [-0.2, -0.15) is 5.10 Å². The van der Waals surface area contributed by atoms with Gasteiger partial charge < -0.3 is 24.5 Å². The van der Waals surface area contributed by atoms with Gasteiger partial charge in [0.15, 0.2) is 17.2 Å². The molecule has 0 fully saturated rings. The van der Waals surface area contributed by atoms with Crippen molar-refractivity contribution in [3.8, 4) is 11.5 Å². The lowest BCUT2D eigenvalue weighted by molar-refractivity contribution is 0.0943. The van der Waals surface area contributed by atoms with Crippen molar-refractivity contribution < 1.29 is 23.5 Å². The second kappa shape index (κ2) is 9.64. The minimum absolute atomic E-state index is 0.105. The summed E-state index contributed by atoms with van der Waals surface area (Å²) in [5.41, 5.74) is 0.771. The van der Waals surface area contributed by atoms with Crippen molar-refractivity contribution >= 4 is 17.5 Å². The first-order valence-electron chi connectivity index (χ1n) is 9.57. The summed E-state index contributed by atoms with van der Waals surface area (Å²) in [6, 6.07) is 8.42. The second-order valence-electron chi connectivity index (χ2n) is 6.31. The number of aromatic nitrogens is 2. The molecule has 0 unspecified atom stereocenters. The Bertz CT molecular complexity index is 1010. The number of anilines is 1. The van der Waals surface area contributed by atoms with E-state index in [1.54, 1.807) is 43.6 Å². The molecule has 0 saturated heterocycles. The van der Waals surface area contributed by atoms with Crippen molar-refractivity contribution in [2.24, 2.45) is 7.05 Å². The monoisotopic (exact) mass is 412 g/mol. The predicted octanol–water partition coefficient (Wildman–Crippen LogP) is 2.99. The van der Waals surface area contributed by atoms with Crippen LogP contribution >= 0.6 is 0 Å². The zero-order valence-corrected chi connectivity index (χ0v) is 17.1. The molecule has 0 radical (unpaired) electrons. The molecule has 9 heteroatoms. The normalized spacial score (nSPS) is 10.5. The van der Waals surface area contributed by atoms with Crippen LogP contribution in [0.3, 0.4) is 0 Å². The van der Waals surface area contributed by atoms with Gasteiger partial charge >= 0.3 is 0 Å². The van der Waals surface area contributed by atoms with Gasteiger partial charge in [0.05, 0.1) is 31.7 Å². The van der Waals surface area contributed by atoms with Crippen molar-refractivity contribution in [3.63, 3.8) is 0 Å². The zero-order chi connectivity index (χ0) is 21.5. The zero-order valence-electron chi connectivity index (χ0n) is 17.1. The second-order valence-corrected chi connectivity index (χ2v) is 6.31. The van der Waals surface area contributed by atoms with Crippen LogP contribution in [0.2, 0.25) is 0 Å². The van der Waals surface area contributed by atoms with Crippen LogP contribution < -0.4 is 20.1 Å². The van der Waals surface area contributed by atoms with E-state index in [1.807, 2.05) is 13.8 Å². The quantitative estimate of drug-likeness (QED) is 0.559. The minimum atomic E-state index is -0.427. The van der Waals surface area contributed by atoms with Gasteiger partial charge in [-0.3, -0.25) is 14.3 Å². The summed E-state index contributed by atoms with van der Waals surface area (Å²) in [4.78, 5) is 25.3. The van der Waals surface area contributed by atoms with Gasteiger partial charge in [-0.15, -0.1) is 0 Å². The first-order chi connectivity index (χ1) is 14.5. The molecule has 0 aliphatic heterocycles. The number of ether oxygens (including phenoxy) is 2. The standard InChI is InChI=1S/C21H24N4O5/c1-4-28-17-9-8-14(11-18(17)29-5-2)20(26)23-16-13-25(3)24-19(16)21(27)22-12-15-7-6-10-30-15/h6-11,13H,4-5,12H2,1-3H3,(H,22,27)(H,23,26). The molecule has 0 spiro atoms. The van der Waals surface area contributed by atoms with Gasteiger partial charge in [0.25, 0.3) is 11.8 Å². The highest BCUT2D eigenvalue weighted by Gasteiger charge is 2.19. The molecule has 3 rings (SSSR count). The molecule has 0 saturated carbocycles. The highest BCUT2D eigenvalue weighted by molar-refractivity contribution is 6.08. The Morgan fingerprint density at radius 2 is 1.87 bits per heavy atom. The molecule has 3 aromatic rings. The van der Waals surface area contributed by atoms with E-state index in [-0.39, 0.29) is 12.2 Å². The molecule has 1 aromatic carbocycles. The summed E-state index contributed by atoms with van der Waals surface area (Å²) in [5, 5.41) is 9.62. The number of carbonyl (C=O) groups is 2. The lowest BCUT2D eigenvalue weighted by Crippen LogP contribution is -2.25. The molecule has 2 amide bonds. The molecule has 0 atom stereocenters.